The van der Waals surface area contributed by atoms with Crippen molar-refractivity contribution in [1.29, 1.82) is 0 Å². The molecule has 0 unspecified atom stereocenters. The first-order valence-electron chi connectivity index (χ1n) is 5.62. The number of aromatic nitrogens is 3. The molecule has 0 fully saturated rings. The molecule has 0 bridgehead atoms. The van der Waals surface area contributed by atoms with E-state index >= 15 is 0 Å². The Kier molecular flexibility index (Phi) is 2.83. The molecule has 0 aliphatic carbocycles. The van der Waals surface area contributed by atoms with E-state index in [4.69, 9.17) is 0 Å². The van der Waals surface area contributed by atoms with Crippen LogP contribution in [0.5, 0.6) is 0 Å². The smallest absolute Gasteiger partial charge is 0.254 e. The molecule has 90 valence electrons. The predicted octanol–water partition coefficient (Wildman–Crippen LogP) is 1.48. The van der Waals surface area contributed by atoms with Crippen LogP contribution in [0.2, 0.25) is 0 Å². The minimum Gasteiger partial charge on any atom is -0.350 e. The van der Waals surface area contributed by atoms with Crippen LogP contribution in [0.1, 0.15) is 35.6 Å². The third-order valence-electron chi connectivity index (χ3n) is 2.51. The normalized spacial score (nSPS) is 11.1. The largest absolute Gasteiger partial charge is 0.350 e. The van der Waals surface area contributed by atoms with Gasteiger partial charge in [0.05, 0.1) is 17.0 Å². The Morgan fingerprint density at radius 3 is 2.76 bits per heavy atom. The monoisotopic (exact) mass is 232 g/mol. The van der Waals surface area contributed by atoms with E-state index in [1.165, 1.54) is 0 Å². The van der Waals surface area contributed by atoms with Gasteiger partial charge in [-0.15, -0.1) is 0 Å². The molecular formula is C12H16N4O. The second-order valence-corrected chi connectivity index (χ2v) is 4.44. The quantitative estimate of drug-likeness (QED) is 0.853. The first-order chi connectivity index (χ1) is 7.99. The van der Waals surface area contributed by atoms with E-state index in [2.05, 4.69) is 15.4 Å². The second-order valence-electron chi connectivity index (χ2n) is 4.44. The second kappa shape index (κ2) is 4.16. The SMILES string of the molecule is Cc1cc2ncc(C(=O)NC(C)C)c(C)n2n1. The predicted molar refractivity (Wildman–Crippen MR) is 65.1 cm³/mol. The Hall–Kier alpha value is -1.91. The summed E-state index contributed by atoms with van der Waals surface area (Å²) in [5, 5.41) is 7.16. The summed E-state index contributed by atoms with van der Waals surface area (Å²) < 4.78 is 1.70. The number of amides is 1. The van der Waals surface area contributed by atoms with E-state index in [0.29, 0.717) is 5.56 Å². The summed E-state index contributed by atoms with van der Waals surface area (Å²) in [6.45, 7) is 7.63. The molecule has 0 radical (unpaired) electrons. The average Bonchev–Trinajstić information content (AvgIpc) is 2.58. The van der Waals surface area contributed by atoms with Gasteiger partial charge in [-0.3, -0.25) is 4.79 Å². The van der Waals surface area contributed by atoms with Crippen molar-refractivity contribution in [3.8, 4) is 0 Å². The first-order valence-corrected chi connectivity index (χ1v) is 5.62. The molecule has 2 rings (SSSR count). The number of nitrogens with one attached hydrogen (secondary N) is 1. The van der Waals surface area contributed by atoms with Crippen LogP contribution in [0.25, 0.3) is 5.65 Å². The lowest BCUT2D eigenvalue weighted by molar-refractivity contribution is 0.0941. The number of hydrogen-bond donors (Lipinski definition) is 1. The van der Waals surface area contributed by atoms with Crippen molar-refractivity contribution >= 4 is 11.6 Å². The summed E-state index contributed by atoms with van der Waals surface area (Å²) in [6.07, 6.45) is 1.60. The lowest BCUT2D eigenvalue weighted by atomic mass is 10.2. The van der Waals surface area contributed by atoms with Crippen LogP contribution >= 0.6 is 0 Å². The van der Waals surface area contributed by atoms with Gasteiger partial charge in [0.1, 0.15) is 0 Å². The van der Waals surface area contributed by atoms with Crippen molar-refractivity contribution in [3.63, 3.8) is 0 Å². The number of nitrogens with zero attached hydrogens (tertiary/aromatic N) is 3. The number of fused-ring (bicyclic) bond motifs is 1. The van der Waals surface area contributed by atoms with Crippen LogP contribution in [0.3, 0.4) is 0 Å². The molecule has 2 aromatic heterocycles. The van der Waals surface area contributed by atoms with Crippen molar-refractivity contribution in [2.45, 2.75) is 33.7 Å². The number of carbonyl (C=O) groups excluding carboxylic acids is 1. The lowest BCUT2D eigenvalue weighted by Crippen LogP contribution is -2.31. The highest BCUT2D eigenvalue weighted by Crippen LogP contribution is 2.10. The third kappa shape index (κ3) is 2.13. The first kappa shape index (κ1) is 11.6. The van der Waals surface area contributed by atoms with E-state index in [9.17, 15) is 4.79 Å². The molecule has 0 saturated heterocycles. The fourth-order valence-electron chi connectivity index (χ4n) is 1.73. The maximum atomic E-state index is 11.9. The lowest BCUT2D eigenvalue weighted by Gasteiger charge is -2.10. The highest BCUT2D eigenvalue weighted by Gasteiger charge is 2.14. The molecule has 0 atom stereocenters. The molecule has 0 aromatic carbocycles. The molecule has 5 heteroatoms. The van der Waals surface area contributed by atoms with E-state index in [0.717, 1.165) is 17.0 Å². The fraction of sp³-hybridized carbons (Fsp3) is 0.417. The molecule has 17 heavy (non-hydrogen) atoms. The van der Waals surface area contributed by atoms with Gasteiger partial charge >= 0.3 is 0 Å². The van der Waals surface area contributed by atoms with Crippen molar-refractivity contribution < 1.29 is 4.79 Å². The number of aryl methyl sites for hydroxylation is 2. The van der Waals surface area contributed by atoms with E-state index in [1.54, 1.807) is 10.7 Å². The summed E-state index contributed by atoms with van der Waals surface area (Å²) in [7, 11) is 0. The maximum absolute atomic E-state index is 11.9. The minimum absolute atomic E-state index is 0.108. The Bertz CT molecular complexity index is 571. The van der Waals surface area contributed by atoms with Gasteiger partial charge in [-0.05, 0) is 27.7 Å². The molecule has 0 spiro atoms. The van der Waals surface area contributed by atoms with Gasteiger partial charge < -0.3 is 5.32 Å². The zero-order valence-electron chi connectivity index (χ0n) is 10.5. The van der Waals surface area contributed by atoms with Crippen molar-refractivity contribution in [2.75, 3.05) is 0 Å². The Morgan fingerprint density at radius 2 is 2.12 bits per heavy atom. The molecular weight excluding hydrogens is 216 g/mol. The highest BCUT2D eigenvalue weighted by atomic mass is 16.1. The van der Waals surface area contributed by atoms with Crippen LogP contribution in [0.4, 0.5) is 0 Å². The molecule has 1 amide bonds. The molecule has 1 N–H and O–H groups in total. The van der Waals surface area contributed by atoms with Crippen LogP contribution in [0, 0.1) is 13.8 Å². The van der Waals surface area contributed by atoms with Crippen molar-refractivity contribution in [3.05, 3.63) is 29.2 Å². The van der Waals surface area contributed by atoms with Crippen LogP contribution < -0.4 is 5.32 Å². The Labute approximate surface area is 99.9 Å². The molecule has 0 aliphatic heterocycles. The Balaban J connectivity index is 2.48. The van der Waals surface area contributed by atoms with Gasteiger partial charge in [0.15, 0.2) is 5.65 Å². The summed E-state index contributed by atoms with van der Waals surface area (Å²) in [5.41, 5.74) is 3.03. The number of carbonyl (C=O) groups is 1. The van der Waals surface area contributed by atoms with Crippen LogP contribution in [-0.4, -0.2) is 26.5 Å². The Morgan fingerprint density at radius 1 is 1.41 bits per heavy atom. The van der Waals surface area contributed by atoms with Gasteiger partial charge in [-0.1, -0.05) is 0 Å². The standard InChI is InChI=1S/C12H16N4O/c1-7(2)14-12(17)10-6-13-11-5-8(3)15-16(11)9(10)4/h5-7H,1-4H3,(H,14,17). The summed E-state index contributed by atoms with van der Waals surface area (Å²) in [4.78, 5) is 16.2. The van der Waals surface area contributed by atoms with Gasteiger partial charge in [0, 0.05) is 18.3 Å². The highest BCUT2D eigenvalue weighted by molar-refractivity contribution is 5.95. The van der Waals surface area contributed by atoms with Gasteiger partial charge in [-0.2, -0.15) is 5.10 Å². The zero-order valence-corrected chi connectivity index (χ0v) is 10.5. The van der Waals surface area contributed by atoms with Gasteiger partial charge in [0.25, 0.3) is 5.91 Å². The average molecular weight is 232 g/mol. The molecule has 2 heterocycles. The van der Waals surface area contributed by atoms with Crippen LogP contribution in [-0.2, 0) is 0 Å². The third-order valence-corrected chi connectivity index (χ3v) is 2.51. The van der Waals surface area contributed by atoms with E-state index < -0.39 is 0 Å². The molecule has 5 nitrogen and oxygen atoms in total. The summed E-state index contributed by atoms with van der Waals surface area (Å²) >= 11 is 0. The van der Waals surface area contributed by atoms with E-state index in [-0.39, 0.29) is 11.9 Å². The molecule has 0 aliphatic rings. The van der Waals surface area contributed by atoms with Crippen molar-refractivity contribution in [2.24, 2.45) is 0 Å². The maximum Gasteiger partial charge on any atom is 0.254 e. The van der Waals surface area contributed by atoms with E-state index in [1.807, 2.05) is 33.8 Å². The van der Waals surface area contributed by atoms with Gasteiger partial charge in [0.2, 0.25) is 0 Å². The summed E-state index contributed by atoms with van der Waals surface area (Å²) in [6, 6.07) is 1.99. The van der Waals surface area contributed by atoms with Crippen molar-refractivity contribution in [1.82, 2.24) is 19.9 Å². The minimum atomic E-state index is -0.111. The molecule has 0 saturated carbocycles. The summed E-state index contributed by atoms with van der Waals surface area (Å²) in [5.74, 6) is -0.111. The molecule has 2 aromatic rings. The van der Waals surface area contributed by atoms with Gasteiger partial charge in [-0.25, -0.2) is 9.50 Å². The number of rotatable bonds is 2. The number of hydrogen-bond acceptors (Lipinski definition) is 3. The topological polar surface area (TPSA) is 59.3 Å². The zero-order chi connectivity index (χ0) is 12.6. The van der Waals surface area contributed by atoms with Crippen LogP contribution in [0.15, 0.2) is 12.3 Å². The fourth-order valence-corrected chi connectivity index (χ4v) is 1.73.